The lowest BCUT2D eigenvalue weighted by Gasteiger charge is -2.18. The molecule has 124 valence electrons. The zero-order valence-electron chi connectivity index (χ0n) is 12.9. The largest absolute Gasteiger partial charge is 0.495 e. The molecular formula is C14H21FN2O4S. The van der Waals surface area contributed by atoms with E-state index in [-0.39, 0.29) is 17.2 Å². The Morgan fingerprint density at radius 2 is 2.09 bits per heavy atom. The van der Waals surface area contributed by atoms with Gasteiger partial charge in [-0.15, -0.1) is 0 Å². The number of amides is 1. The highest BCUT2D eigenvalue weighted by molar-refractivity contribution is 7.89. The second-order valence-electron chi connectivity index (χ2n) is 4.76. The Morgan fingerprint density at radius 1 is 1.41 bits per heavy atom. The van der Waals surface area contributed by atoms with Gasteiger partial charge in [0.25, 0.3) is 0 Å². The molecule has 0 saturated heterocycles. The smallest absolute Gasteiger partial charge is 0.247 e. The minimum atomic E-state index is -4.02. The highest BCUT2D eigenvalue weighted by atomic mass is 32.2. The molecule has 0 aliphatic rings. The second-order valence-corrected chi connectivity index (χ2v) is 6.77. The number of carbonyl (C=O) groups excluding carboxylic acids is 1. The van der Waals surface area contributed by atoms with Crippen molar-refractivity contribution in [3.05, 3.63) is 24.0 Å². The predicted molar refractivity (Wildman–Crippen MR) is 80.7 cm³/mol. The topological polar surface area (TPSA) is 75.7 Å². The first-order valence-corrected chi connectivity index (χ1v) is 8.33. The Morgan fingerprint density at radius 3 is 2.68 bits per heavy atom. The highest BCUT2D eigenvalue weighted by Gasteiger charge is 2.26. The van der Waals surface area contributed by atoms with E-state index in [9.17, 15) is 17.6 Å². The number of ether oxygens (including phenoxy) is 1. The van der Waals surface area contributed by atoms with Crippen molar-refractivity contribution in [3.63, 3.8) is 0 Å². The average Bonchev–Trinajstić information content (AvgIpc) is 2.47. The van der Waals surface area contributed by atoms with Crippen LogP contribution in [-0.4, -0.2) is 45.9 Å². The number of carbonyl (C=O) groups is 1. The van der Waals surface area contributed by atoms with Gasteiger partial charge in [-0.1, -0.05) is 13.3 Å². The lowest BCUT2D eigenvalue weighted by molar-refractivity contribution is -0.121. The molecule has 1 aromatic rings. The lowest BCUT2D eigenvalue weighted by atomic mass is 10.3. The summed E-state index contributed by atoms with van der Waals surface area (Å²) in [6.45, 7) is 2.14. The minimum Gasteiger partial charge on any atom is -0.495 e. The maximum Gasteiger partial charge on any atom is 0.247 e. The summed E-state index contributed by atoms with van der Waals surface area (Å²) < 4.78 is 44.0. The van der Waals surface area contributed by atoms with Crippen LogP contribution in [0.3, 0.4) is 0 Å². The SMILES string of the molecule is CCCCNC(=O)CN(C)S(=O)(=O)c1cc(F)ccc1OC. The number of benzene rings is 1. The molecule has 0 aromatic heterocycles. The third kappa shape index (κ3) is 4.67. The summed E-state index contributed by atoms with van der Waals surface area (Å²) in [6, 6.07) is 3.21. The van der Waals surface area contributed by atoms with Crippen LogP contribution in [0.15, 0.2) is 23.1 Å². The van der Waals surface area contributed by atoms with Crippen LogP contribution in [0, 0.1) is 5.82 Å². The summed E-state index contributed by atoms with van der Waals surface area (Å²) in [5.41, 5.74) is 0. The zero-order valence-corrected chi connectivity index (χ0v) is 13.7. The summed E-state index contributed by atoms with van der Waals surface area (Å²) in [5, 5.41) is 2.63. The normalized spacial score (nSPS) is 11.5. The first kappa shape index (κ1) is 18.4. The van der Waals surface area contributed by atoms with Crippen LogP contribution in [0.2, 0.25) is 0 Å². The van der Waals surface area contributed by atoms with Gasteiger partial charge in [-0.2, -0.15) is 4.31 Å². The molecule has 6 nitrogen and oxygen atoms in total. The maximum absolute atomic E-state index is 13.3. The van der Waals surface area contributed by atoms with Crippen molar-refractivity contribution in [3.8, 4) is 5.75 Å². The molecule has 8 heteroatoms. The summed E-state index contributed by atoms with van der Waals surface area (Å²) >= 11 is 0. The lowest BCUT2D eigenvalue weighted by Crippen LogP contribution is -2.38. The van der Waals surface area contributed by atoms with Crippen molar-refractivity contribution < 1.29 is 22.3 Å². The molecule has 1 aromatic carbocycles. The number of sulfonamides is 1. The molecule has 1 amide bonds. The molecule has 0 aliphatic carbocycles. The summed E-state index contributed by atoms with van der Waals surface area (Å²) in [5.74, 6) is -1.07. The maximum atomic E-state index is 13.3. The molecule has 0 unspecified atom stereocenters. The van der Waals surface area contributed by atoms with Crippen LogP contribution in [0.5, 0.6) is 5.75 Å². The monoisotopic (exact) mass is 332 g/mol. The number of nitrogens with zero attached hydrogens (tertiary/aromatic N) is 1. The Balaban J connectivity index is 2.89. The van der Waals surface area contributed by atoms with E-state index in [2.05, 4.69) is 5.32 Å². The number of hydrogen-bond donors (Lipinski definition) is 1. The van der Waals surface area contributed by atoms with Crippen molar-refractivity contribution in [1.82, 2.24) is 9.62 Å². The van der Waals surface area contributed by atoms with Gasteiger partial charge in [0.05, 0.1) is 13.7 Å². The van der Waals surface area contributed by atoms with Gasteiger partial charge in [0.2, 0.25) is 15.9 Å². The van der Waals surface area contributed by atoms with E-state index in [0.29, 0.717) is 6.54 Å². The zero-order chi connectivity index (χ0) is 16.8. The number of halogens is 1. The Labute approximate surface area is 130 Å². The van der Waals surface area contributed by atoms with Gasteiger partial charge in [-0.3, -0.25) is 4.79 Å². The fraction of sp³-hybridized carbons (Fsp3) is 0.500. The summed E-state index contributed by atoms with van der Waals surface area (Å²) in [7, 11) is -1.46. The van der Waals surface area contributed by atoms with Gasteiger partial charge in [0.15, 0.2) is 0 Å². The second kappa shape index (κ2) is 8.09. The van der Waals surface area contributed by atoms with Crippen molar-refractivity contribution >= 4 is 15.9 Å². The van der Waals surface area contributed by atoms with E-state index in [0.717, 1.165) is 29.3 Å². The molecule has 1 rings (SSSR count). The molecule has 0 radical (unpaired) electrons. The third-order valence-electron chi connectivity index (χ3n) is 3.03. The summed E-state index contributed by atoms with van der Waals surface area (Å²) in [4.78, 5) is 11.4. The number of rotatable bonds is 8. The number of nitrogens with one attached hydrogen (secondary N) is 1. The van der Waals surface area contributed by atoms with Gasteiger partial charge in [-0.05, 0) is 24.6 Å². The highest BCUT2D eigenvalue weighted by Crippen LogP contribution is 2.26. The standard InChI is InChI=1S/C14H21FN2O4S/c1-4-5-8-16-14(18)10-17(2)22(19,20)13-9-11(15)6-7-12(13)21-3/h6-7,9H,4-5,8,10H2,1-3H3,(H,16,18). The number of unbranched alkanes of at least 4 members (excludes halogenated alkanes) is 1. The van der Waals surface area contributed by atoms with Crippen molar-refractivity contribution in [1.29, 1.82) is 0 Å². The van der Waals surface area contributed by atoms with E-state index in [1.807, 2.05) is 6.92 Å². The number of methoxy groups -OCH3 is 1. The van der Waals surface area contributed by atoms with Crippen LogP contribution in [0.25, 0.3) is 0 Å². The van der Waals surface area contributed by atoms with Crippen molar-refractivity contribution in [2.75, 3.05) is 27.2 Å². The van der Waals surface area contributed by atoms with Crippen LogP contribution in [0.4, 0.5) is 4.39 Å². The molecule has 0 saturated carbocycles. The minimum absolute atomic E-state index is 0.0274. The van der Waals surface area contributed by atoms with E-state index >= 15 is 0 Å². The van der Waals surface area contributed by atoms with Gasteiger partial charge < -0.3 is 10.1 Å². The van der Waals surface area contributed by atoms with Crippen LogP contribution in [-0.2, 0) is 14.8 Å². The van der Waals surface area contributed by atoms with Crippen molar-refractivity contribution in [2.24, 2.45) is 0 Å². The molecule has 22 heavy (non-hydrogen) atoms. The molecular weight excluding hydrogens is 311 g/mol. The van der Waals surface area contributed by atoms with Gasteiger partial charge in [-0.25, -0.2) is 12.8 Å². The first-order valence-electron chi connectivity index (χ1n) is 6.89. The average molecular weight is 332 g/mol. The summed E-state index contributed by atoms with van der Waals surface area (Å²) in [6.07, 6.45) is 1.74. The fourth-order valence-electron chi connectivity index (χ4n) is 1.77. The quantitative estimate of drug-likeness (QED) is 0.730. The number of likely N-dealkylation sites (N-methyl/N-ethyl adjacent to an activating group) is 1. The van der Waals surface area contributed by atoms with E-state index < -0.39 is 21.7 Å². The molecule has 0 spiro atoms. The molecule has 0 fully saturated rings. The third-order valence-corrected chi connectivity index (χ3v) is 4.86. The number of hydrogen-bond acceptors (Lipinski definition) is 4. The van der Waals surface area contributed by atoms with Crippen LogP contribution in [0.1, 0.15) is 19.8 Å². The molecule has 0 heterocycles. The first-order chi connectivity index (χ1) is 10.3. The van der Waals surface area contributed by atoms with Crippen molar-refractivity contribution in [2.45, 2.75) is 24.7 Å². The molecule has 1 N–H and O–H groups in total. The predicted octanol–water partition coefficient (Wildman–Crippen LogP) is 1.37. The van der Waals surface area contributed by atoms with Gasteiger partial charge in [0, 0.05) is 13.6 Å². The van der Waals surface area contributed by atoms with E-state index in [1.54, 1.807) is 0 Å². The van der Waals surface area contributed by atoms with Gasteiger partial charge in [0.1, 0.15) is 16.5 Å². The fourth-order valence-corrected chi connectivity index (χ4v) is 3.06. The molecule has 0 aliphatic heterocycles. The van der Waals surface area contributed by atoms with Crippen LogP contribution < -0.4 is 10.1 Å². The van der Waals surface area contributed by atoms with Crippen LogP contribution >= 0.6 is 0 Å². The molecule has 0 atom stereocenters. The Bertz CT molecular complexity index is 619. The molecule has 0 bridgehead atoms. The van der Waals surface area contributed by atoms with E-state index in [4.69, 9.17) is 4.74 Å². The van der Waals surface area contributed by atoms with Gasteiger partial charge >= 0.3 is 0 Å². The Kier molecular flexibility index (Phi) is 6.76. The van der Waals surface area contributed by atoms with E-state index in [1.165, 1.54) is 20.2 Å². The Hall–Kier alpha value is -1.67.